The molecule has 0 N–H and O–H groups in total. The fraction of sp³-hybridized carbons (Fsp3) is 0.375. The molecule has 10 heavy (non-hydrogen) atoms. The largest absolute Gasteiger partial charge is 0.442 e. The number of aryl methyl sites for hydroxylation is 1. The van der Waals surface area contributed by atoms with Crippen molar-refractivity contribution >= 4 is 12.2 Å². The molecule has 1 aromatic rings. The fourth-order valence-corrected chi connectivity index (χ4v) is 0.860. The summed E-state index contributed by atoms with van der Waals surface area (Å²) in [5.41, 5.74) is 1.80. The molecule has 1 aromatic heterocycles. The highest BCUT2D eigenvalue weighted by Gasteiger charge is 1.93. The first kappa shape index (κ1) is 7.06. The van der Waals surface area contributed by atoms with Gasteiger partial charge < -0.3 is 4.42 Å². The van der Waals surface area contributed by atoms with Crippen molar-refractivity contribution in [2.75, 3.05) is 0 Å². The number of hydrogen-bond donors (Lipinski definition) is 0. The lowest BCUT2D eigenvalue weighted by molar-refractivity contribution is 0.493. The molecule has 0 fully saturated rings. The van der Waals surface area contributed by atoms with Gasteiger partial charge in [-0.05, 0) is 19.4 Å². The van der Waals surface area contributed by atoms with Crippen LogP contribution in [-0.4, -0.2) is 4.98 Å². The molecule has 0 aromatic carbocycles. The number of hydrogen-bond acceptors (Lipinski definition) is 2. The second kappa shape index (κ2) is 2.29. The second-order valence-corrected chi connectivity index (χ2v) is 2.50. The van der Waals surface area contributed by atoms with Gasteiger partial charge in [-0.25, -0.2) is 4.98 Å². The van der Waals surface area contributed by atoms with Crippen molar-refractivity contribution in [2.45, 2.75) is 20.8 Å². The van der Waals surface area contributed by atoms with Crippen molar-refractivity contribution in [2.24, 2.45) is 0 Å². The molecule has 2 heteroatoms. The van der Waals surface area contributed by atoms with E-state index in [0.717, 1.165) is 10.9 Å². The third-order valence-electron chi connectivity index (χ3n) is 1.28. The van der Waals surface area contributed by atoms with Crippen LogP contribution in [0, 0.1) is 6.92 Å². The SMILES string of the molecule is C=c1oc(C)nc1=C(C)C. The van der Waals surface area contributed by atoms with Gasteiger partial charge in [0, 0.05) is 6.92 Å². The summed E-state index contributed by atoms with van der Waals surface area (Å²) in [6.07, 6.45) is 0. The van der Waals surface area contributed by atoms with Gasteiger partial charge in [-0.1, -0.05) is 6.58 Å². The smallest absolute Gasteiger partial charge is 0.192 e. The topological polar surface area (TPSA) is 26.0 Å². The third-order valence-corrected chi connectivity index (χ3v) is 1.28. The summed E-state index contributed by atoms with van der Waals surface area (Å²) in [5, 5.41) is 0.887. The summed E-state index contributed by atoms with van der Waals surface area (Å²) in [7, 11) is 0. The van der Waals surface area contributed by atoms with E-state index in [1.54, 1.807) is 0 Å². The standard InChI is InChI=1S/C8H11NO/c1-5(2)8-6(3)10-7(4)9-8/h3H2,1-2,4H3. The maximum absolute atomic E-state index is 5.13. The lowest BCUT2D eigenvalue weighted by atomic mass is 10.3. The molecule has 0 aliphatic rings. The first-order chi connectivity index (χ1) is 4.61. The van der Waals surface area contributed by atoms with E-state index >= 15 is 0 Å². The van der Waals surface area contributed by atoms with E-state index in [1.807, 2.05) is 20.8 Å². The molecule has 2 nitrogen and oxygen atoms in total. The van der Waals surface area contributed by atoms with E-state index in [-0.39, 0.29) is 0 Å². The zero-order valence-electron chi connectivity index (χ0n) is 6.56. The van der Waals surface area contributed by atoms with Gasteiger partial charge in [0.15, 0.2) is 5.89 Å². The average molecular weight is 137 g/mol. The van der Waals surface area contributed by atoms with Gasteiger partial charge >= 0.3 is 0 Å². The van der Waals surface area contributed by atoms with Crippen LogP contribution >= 0.6 is 0 Å². The summed E-state index contributed by atoms with van der Waals surface area (Å²) < 4.78 is 5.13. The first-order valence-corrected chi connectivity index (χ1v) is 3.21. The number of oxazole rings is 1. The molecule has 0 bridgehead atoms. The van der Waals surface area contributed by atoms with Crippen molar-refractivity contribution in [3.63, 3.8) is 0 Å². The van der Waals surface area contributed by atoms with E-state index in [0.29, 0.717) is 11.3 Å². The number of rotatable bonds is 0. The van der Waals surface area contributed by atoms with Gasteiger partial charge in [0.2, 0.25) is 0 Å². The molecule has 0 aliphatic carbocycles. The van der Waals surface area contributed by atoms with Gasteiger partial charge in [-0.15, -0.1) is 0 Å². The van der Waals surface area contributed by atoms with Crippen LogP contribution in [0.3, 0.4) is 0 Å². The van der Waals surface area contributed by atoms with Crippen LogP contribution < -0.4 is 10.8 Å². The molecule has 1 heterocycles. The van der Waals surface area contributed by atoms with Gasteiger partial charge in [0.1, 0.15) is 10.8 Å². The van der Waals surface area contributed by atoms with Crippen molar-refractivity contribution in [3.05, 3.63) is 16.7 Å². The number of aromatic nitrogens is 1. The second-order valence-electron chi connectivity index (χ2n) is 2.50. The molecular weight excluding hydrogens is 126 g/mol. The molecule has 0 unspecified atom stereocenters. The summed E-state index contributed by atoms with van der Waals surface area (Å²) in [5.74, 6) is 0.682. The molecule has 0 atom stereocenters. The maximum atomic E-state index is 5.13. The highest BCUT2D eigenvalue weighted by molar-refractivity contribution is 5.35. The molecule has 54 valence electrons. The Morgan fingerprint density at radius 1 is 1.50 bits per heavy atom. The van der Waals surface area contributed by atoms with E-state index < -0.39 is 0 Å². The Bertz CT molecular complexity index is 331. The van der Waals surface area contributed by atoms with Crippen LogP contribution in [0.25, 0.3) is 12.2 Å². The Hall–Kier alpha value is -1.05. The molecule has 0 spiro atoms. The van der Waals surface area contributed by atoms with Crippen LogP contribution in [0.1, 0.15) is 19.7 Å². The normalized spacial score (nSPS) is 9.90. The van der Waals surface area contributed by atoms with E-state index in [2.05, 4.69) is 11.6 Å². The highest BCUT2D eigenvalue weighted by atomic mass is 16.3. The number of nitrogens with zero attached hydrogens (tertiary/aromatic N) is 1. The van der Waals surface area contributed by atoms with Gasteiger partial charge in [-0.2, -0.15) is 0 Å². The zero-order chi connectivity index (χ0) is 7.72. The lowest BCUT2D eigenvalue weighted by Crippen LogP contribution is -2.21. The maximum Gasteiger partial charge on any atom is 0.192 e. The summed E-state index contributed by atoms with van der Waals surface area (Å²) in [4.78, 5) is 4.14. The van der Waals surface area contributed by atoms with Crippen molar-refractivity contribution in [3.8, 4) is 0 Å². The molecule has 0 saturated carbocycles. The van der Waals surface area contributed by atoms with Crippen molar-refractivity contribution < 1.29 is 4.42 Å². The van der Waals surface area contributed by atoms with Crippen molar-refractivity contribution in [1.82, 2.24) is 4.98 Å². The zero-order valence-corrected chi connectivity index (χ0v) is 6.56. The fourth-order valence-electron chi connectivity index (χ4n) is 0.860. The van der Waals surface area contributed by atoms with Gasteiger partial charge in [-0.3, -0.25) is 0 Å². The minimum absolute atomic E-state index is 0.664. The molecular formula is C8H11NO. The molecule has 0 amide bonds. The monoisotopic (exact) mass is 137 g/mol. The molecule has 0 saturated heterocycles. The van der Waals surface area contributed by atoms with Crippen LogP contribution in [0.5, 0.6) is 0 Å². The van der Waals surface area contributed by atoms with Crippen molar-refractivity contribution in [1.29, 1.82) is 0 Å². The van der Waals surface area contributed by atoms with Crippen LogP contribution in [0.2, 0.25) is 0 Å². The summed E-state index contributed by atoms with van der Waals surface area (Å²) in [6.45, 7) is 9.52. The quantitative estimate of drug-likeness (QED) is 0.523. The Balaban J connectivity index is 3.59. The lowest BCUT2D eigenvalue weighted by Gasteiger charge is -1.78. The Labute approximate surface area is 59.9 Å². The first-order valence-electron chi connectivity index (χ1n) is 3.21. The average Bonchev–Trinajstić information content (AvgIpc) is 2.10. The van der Waals surface area contributed by atoms with E-state index in [1.165, 1.54) is 0 Å². The minimum atomic E-state index is 0.664. The Morgan fingerprint density at radius 2 is 2.10 bits per heavy atom. The van der Waals surface area contributed by atoms with Gasteiger partial charge in [0.25, 0.3) is 0 Å². The molecule has 0 radical (unpaired) electrons. The molecule has 0 aliphatic heterocycles. The highest BCUT2D eigenvalue weighted by Crippen LogP contribution is 1.84. The van der Waals surface area contributed by atoms with E-state index in [9.17, 15) is 0 Å². The predicted octanol–water partition coefficient (Wildman–Crippen LogP) is 0.584. The Morgan fingerprint density at radius 3 is 2.30 bits per heavy atom. The van der Waals surface area contributed by atoms with Gasteiger partial charge in [0.05, 0.1) is 0 Å². The van der Waals surface area contributed by atoms with Crippen LogP contribution in [0.15, 0.2) is 4.42 Å². The molecule has 1 rings (SSSR count). The summed E-state index contributed by atoms with van der Waals surface area (Å²) in [6, 6.07) is 0. The van der Waals surface area contributed by atoms with E-state index in [4.69, 9.17) is 4.42 Å². The van der Waals surface area contributed by atoms with Crippen LogP contribution in [0.4, 0.5) is 0 Å². The Kier molecular flexibility index (Phi) is 1.62. The summed E-state index contributed by atoms with van der Waals surface area (Å²) >= 11 is 0. The predicted molar refractivity (Wildman–Crippen MR) is 40.8 cm³/mol. The van der Waals surface area contributed by atoms with Crippen LogP contribution in [-0.2, 0) is 0 Å². The third kappa shape index (κ3) is 1.10. The minimum Gasteiger partial charge on any atom is -0.442 e.